The molecule has 1 aromatic rings. The van der Waals surface area contributed by atoms with Crippen LogP contribution in [0, 0.1) is 6.92 Å². The van der Waals surface area contributed by atoms with Crippen LogP contribution in [0.2, 0.25) is 0 Å². The molecule has 0 radical (unpaired) electrons. The number of nitrogens with two attached hydrogens (primary N) is 1. The van der Waals surface area contributed by atoms with Crippen molar-refractivity contribution in [2.45, 2.75) is 45.3 Å². The standard InChI is InChI=1S/C14H20N2O/c1-10-4-3-5-12(8-10)9-16(13-6-7-13)14(17)11(2)15/h3-5,8,11,13H,6-7,9,15H2,1-2H3/t11-/m0/s1. The van der Waals surface area contributed by atoms with E-state index in [2.05, 4.69) is 25.1 Å². The predicted molar refractivity (Wildman–Crippen MR) is 68.4 cm³/mol. The van der Waals surface area contributed by atoms with E-state index in [-0.39, 0.29) is 5.91 Å². The minimum Gasteiger partial charge on any atom is -0.334 e. The van der Waals surface area contributed by atoms with Gasteiger partial charge in [-0.1, -0.05) is 29.8 Å². The van der Waals surface area contributed by atoms with E-state index in [1.165, 1.54) is 11.1 Å². The molecule has 3 nitrogen and oxygen atoms in total. The number of hydrogen-bond donors (Lipinski definition) is 1. The van der Waals surface area contributed by atoms with Crippen molar-refractivity contribution >= 4 is 5.91 Å². The number of carbonyl (C=O) groups excluding carboxylic acids is 1. The zero-order chi connectivity index (χ0) is 12.4. The van der Waals surface area contributed by atoms with Gasteiger partial charge >= 0.3 is 0 Å². The summed E-state index contributed by atoms with van der Waals surface area (Å²) in [7, 11) is 0. The molecule has 2 rings (SSSR count). The summed E-state index contributed by atoms with van der Waals surface area (Å²) in [6.45, 7) is 4.51. The highest BCUT2D eigenvalue weighted by molar-refractivity contribution is 5.81. The van der Waals surface area contributed by atoms with Crippen LogP contribution in [0.15, 0.2) is 24.3 Å². The Labute approximate surface area is 103 Å². The van der Waals surface area contributed by atoms with Crippen molar-refractivity contribution in [3.63, 3.8) is 0 Å². The van der Waals surface area contributed by atoms with Gasteiger partial charge in [-0.15, -0.1) is 0 Å². The van der Waals surface area contributed by atoms with Gasteiger partial charge in [0.2, 0.25) is 5.91 Å². The fourth-order valence-electron chi connectivity index (χ4n) is 2.04. The van der Waals surface area contributed by atoms with Crippen molar-refractivity contribution in [1.82, 2.24) is 4.90 Å². The van der Waals surface area contributed by atoms with Crippen LogP contribution < -0.4 is 5.73 Å². The molecule has 1 amide bonds. The number of rotatable bonds is 4. The first-order valence-electron chi connectivity index (χ1n) is 6.19. The van der Waals surface area contributed by atoms with Crippen LogP contribution in [0.1, 0.15) is 30.9 Å². The molecular formula is C14H20N2O. The molecule has 0 heterocycles. The van der Waals surface area contributed by atoms with E-state index < -0.39 is 6.04 Å². The summed E-state index contributed by atoms with van der Waals surface area (Å²) >= 11 is 0. The van der Waals surface area contributed by atoms with Gasteiger partial charge in [0.05, 0.1) is 6.04 Å². The minimum atomic E-state index is -0.402. The smallest absolute Gasteiger partial charge is 0.239 e. The number of amides is 1. The Bertz CT molecular complexity index is 410. The molecule has 1 atom stereocenters. The van der Waals surface area contributed by atoms with Gasteiger partial charge in [0.25, 0.3) is 0 Å². The van der Waals surface area contributed by atoms with Crippen LogP contribution in [0.4, 0.5) is 0 Å². The zero-order valence-corrected chi connectivity index (χ0v) is 10.5. The summed E-state index contributed by atoms with van der Waals surface area (Å²) in [6, 6.07) is 8.31. The summed E-state index contributed by atoms with van der Waals surface area (Å²) in [6.07, 6.45) is 2.23. The van der Waals surface area contributed by atoms with E-state index in [1.807, 2.05) is 11.0 Å². The van der Waals surface area contributed by atoms with Crippen molar-refractivity contribution in [3.05, 3.63) is 35.4 Å². The Morgan fingerprint density at radius 1 is 1.53 bits per heavy atom. The molecule has 2 N–H and O–H groups in total. The van der Waals surface area contributed by atoms with Gasteiger partial charge in [0.1, 0.15) is 0 Å². The average Bonchev–Trinajstić information content (AvgIpc) is 3.09. The highest BCUT2D eigenvalue weighted by Crippen LogP contribution is 2.28. The van der Waals surface area contributed by atoms with Gasteiger partial charge < -0.3 is 10.6 Å². The number of aryl methyl sites for hydroxylation is 1. The normalized spacial score (nSPS) is 16.6. The topological polar surface area (TPSA) is 46.3 Å². The maximum Gasteiger partial charge on any atom is 0.239 e. The van der Waals surface area contributed by atoms with E-state index in [0.29, 0.717) is 12.6 Å². The van der Waals surface area contributed by atoms with Gasteiger partial charge in [0.15, 0.2) is 0 Å². The third-order valence-electron chi connectivity index (χ3n) is 3.10. The summed E-state index contributed by atoms with van der Waals surface area (Å²) in [5.41, 5.74) is 8.11. The van der Waals surface area contributed by atoms with E-state index >= 15 is 0 Å². The molecule has 1 saturated carbocycles. The summed E-state index contributed by atoms with van der Waals surface area (Å²) in [5.74, 6) is 0.0639. The maximum absolute atomic E-state index is 12.0. The van der Waals surface area contributed by atoms with Crippen molar-refractivity contribution in [2.24, 2.45) is 5.73 Å². The average molecular weight is 232 g/mol. The summed E-state index contributed by atoms with van der Waals surface area (Å²) in [5, 5.41) is 0. The highest BCUT2D eigenvalue weighted by Gasteiger charge is 2.33. The van der Waals surface area contributed by atoms with Crippen molar-refractivity contribution in [2.75, 3.05) is 0 Å². The first-order valence-corrected chi connectivity index (χ1v) is 6.19. The zero-order valence-electron chi connectivity index (χ0n) is 10.5. The molecule has 0 unspecified atom stereocenters. The highest BCUT2D eigenvalue weighted by atomic mass is 16.2. The Kier molecular flexibility index (Phi) is 3.48. The molecule has 0 bridgehead atoms. The number of nitrogens with zero attached hydrogens (tertiary/aromatic N) is 1. The van der Waals surface area contributed by atoms with Crippen LogP contribution >= 0.6 is 0 Å². The van der Waals surface area contributed by atoms with Crippen LogP contribution in [0.3, 0.4) is 0 Å². The first kappa shape index (κ1) is 12.1. The van der Waals surface area contributed by atoms with Crippen molar-refractivity contribution in [3.8, 4) is 0 Å². The molecule has 17 heavy (non-hydrogen) atoms. The Morgan fingerprint density at radius 3 is 2.76 bits per heavy atom. The Morgan fingerprint density at radius 2 is 2.24 bits per heavy atom. The molecule has 3 heteroatoms. The molecule has 0 aliphatic heterocycles. The van der Waals surface area contributed by atoms with E-state index in [4.69, 9.17) is 5.73 Å². The molecule has 0 saturated heterocycles. The largest absolute Gasteiger partial charge is 0.334 e. The number of benzene rings is 1. The van der Waals surface area contributed by atoms with Crippen molar-refractivity contribution < 1.29 is 4.79 Å². The fraction of sp³-hybridized carbons (Fsp3) is 0.500. The molecule has 1 aliphatic carbocycles. The third-order valence-corrected chi connectivity index (χ3v) is 3.10. The lowest BCUT2D eigenvalue weighted by Gasteiger charge is -2.24. The first-order chi connectivity index (χ1) is 8.08. The summed E-state index contributed by atoms with van der Waals surface area (Å²) < 4.78 is 0. The molecule has 1 aliphatic rings. The molecule has 0 spiro atoms. The molecule has 92 valence electrons. The van der Waals surface area contributed by atoms with Crippen LogP contribution in [-0.4, -0.2) is 22.9 Å². The van der Waals surface area contributed by atoms with Gasteiger partial charge in [-0.2, -0.15) is 0 Å². The van der Waals surface area contributed by atoms with Crippen molar-refractivity contribution in [1.29, 1.82) is 0 Å². The Balaban J connectivity index is 2.10. The fourth-order valence-corrected chi connectivity index (χ4v) is 2.04. The lowest BCUT2D eigenvalue weighted by Crippen LogP contribution is -2.42. The van der Waals surface area contributed by atoms with E-state index in [9.17, 15) is 4.79 Å². The lowest BCUT2D eigenvalue weighted by atomic mass is 10.1. The quantitative estimate of drug-likeness (QED) is 0.861. The number of hydrogen-bond acceptors (Lipinski definition) is 2. The van der Waals surface area contributed by atoms with E-state index in [0.717, 1.165) is 12.8 Å². The number of carbonyl (C=O) groups is 1. The van der Waals surface area contributed by atoms with Crippen LogP contribution in [0.25, 0.3) is 0 Å². The third kappa shape index (κ3) is 3.07. The molecule has 0 aromatic heterocycles. The predicted octanol–water partition coefficient (Wildman–Crippen LogP) is 1.83. The Hall–Kier alpha value is -1.35. The second kappa shape index (κ2) is 4.88. The molecule has 1 fully saturated rings. The summed E-state index contributed by atoms with van der Waals surface area (Å²) in [4.78, 5) is 13.9. The second-order valence-corrected chi connectivity index (χ2v) is 4.98. The SMILES string of the molecule is Cc1cccc(CN(C(=O)[C@H](C)N)C2CC2)c1. The monoisotopic (exact) mass is 232 g/mol. The van der Waals surface area contributed by atoms with Gasteiger partial charge in [-0.25, -0.2) is 0 Å². The van der Waals surface area contributed by atoms with Crippen LogP contribution in [-0.2, 0) is 11.3 Å². The molecular weight excluding hydrogens is 212 g/mol. The van der Waals surface area contributed by atoms with Gasteiger partial charge in [0, 0.05) is 12.6 Å². The van der Waals surface area contributed by atoms with E-state index in [1.54, 1.807) is 6.92 Å². The second-order valence-electron chi connectivity index (χ2n) is 4.98. The van der Waals surface area contributed by atoms with Gasteiger partial charge in [-0.05, 0) is 32.3 Å². The molecule has 1 aromatic carbocycles. The minimum absolute atomic E-state index is 0.0639. The maximum atomic E-state index is 12.0. The lowest BCUT2D eigenvalue weighted by molar-refractivity contribution is -0.133. The van der Waals surface area contributed by atoms with Gasteiger partial charge in [-0.3, -0.25) is 4.79 Å². The van der Waals surface area contributed by atoms with Crippen LogP contribution in [0.5, 0.6) is 0 Å².